The Morgan fingerprint density at radius 1 is 1.05 bits per heavy atom. The molecule has 0 spiro atoms. The molecular weight excluding hydrogens is 508 g/mol. The molecule has 2 aromatic carbocycles. The van der Waals surface area contributed by atoms with Crippen LogP contribution in [0.5, 0.6) is 5.75 Å². The predicted octanol–water partition coefficient (Wildman–Crippen LogP) is 8.46. The molecule has 4 nitrogen and oxygen atoms in total. The number of aryl methyl sites for hydroxylation is 2. The fourth-order valence-corrected chi connectivity index (χ4v) is 4.93. The summed E-state index contributed by atoms with van der Waals surface area (Å²) in [5.74, 6) is 0.844. The molecule has 0 fully saturated rings. The van der Waals surface area contributed by atoms with Gasteiger partial charge in [-0.25, -0.2) is 8.78 Å². The summed E-state index contributed by atoms with van der Waals surface area (Å²) in [7, 11) is 3.14. The van der Waals surface area contributed by atoms with Crippen molar-refractivity contribution >= 4 is 10.9 Å². The maximum absolute atomic E-state index is 15.5. The predicted molar refractivity (Wildman–Crippen MR) is 160 cm³/mol. The van der Waals surface area contributed by atoms with Crippen LogP contribution in [0.25, 0.3) is 22.0 Å². The van der Waals surface area contributed by atoms with Crippen LogP contribution in [0, 0.1) is 18.2 Å². The van der Waals surface area contributed by atoms with Crippen LogP contribution in [0.3, 0.4) is 0 Å². The summed E-state index contributed by atoms with van der Waals surface area (Å²) in [6.45, 7) is 16.3. The molecule has 0 bridgehead atoms. The summed E-state index contributed by atoms with van der Waals surface area (Å²) < 4.78 is 41.3. The molecule has 1 heterocycles. The first-order valence-corrected chi connectivity index (χ1v) is 13.6. The molecule has 0 radical (unpaired) electrons. The first-order valence-electron chi connectivity index (χ1n) is 13.6. The molecule has 1 atom stereocenters. The van der Waals surface area contributed by atoms with Crippen LogP contribution in [0.1, 0.15) is 64.7 Å². The van der Waals surface area contributed by atoms with Gasteiger partial charge in [-0.15, -0.1) is 0 Å². The van der Waals surface area contributed by atoms with E-state index in [1.54, 1.807) is 46.2 Å². The van der Waals surface area contributed by atoms with Crippen LogP contribution in [-0.4, -0.2) is 35.6 Å². The van der Waals surface area contributed by atoms with E-state index in [0.717, 1.165) is 34.2 Å². The summed E-state index contributed by atoms with van der Waals surface area (Å²) in [5, 5.41) is 12.1. The third-order valence-corrected chi connectivity index (χ3v) is 8.04. The Hall–Kier alpha value is -3.25. The number of aromatic nitrogens is 1. The Morgan fingerprint density at radius 2 is 1.73 bits per heavy atom. The molecule has 0 saturated heterocycles. The lowest BCUT2D eigenvalue weighted by atomic mass is 9.76. The average Bonchev–Trinajstić information content (AvgIpc) is 2.86. The minimum Gasteiger partial charge on any atom is -0.500 e. The summed E-state index contributed by atoms with van der Waals surface area (Å²) in [4.78, 5) is 4.58. The summed E-state index contributed by atoms with van der Waals surface area (Å²) in [5.41, 5.74) is 1.53. The molecule has 1 unspecified atom stereocenters. The van der Waals surface area contributed by atoms with Crippen molar-refractivity contribution in [2.45, 2.75) is 79.0 Å². The van der Waals surface area contributed by atoms with Crippen molar-refractivity contribution in [2.75, 3.05) is 14.2 Å². The van der Waals surface area contributed by atoms with Gasteiger partial charge in [-0.1, -0.05) is 13.5 Å². The molecule has 0 amide bonds. The van der Waals surface area contributed by atoms with Crippen molar-refractivity contribution in [3.8, 4) is 16.9 Å². The molecule has 1 aromatic heterocycles. The Balaban J connectivity index is 1.86. The van der Waals surface area contributed by atoms with Crippen LogP contribution in [-0.2, 0) is 17.6 Å². The Kier molecular flexibility index (Phi) is 9.15. The third kappa shape index (κ3) is 6.72. The lowest BCUT2D eigenvalue weighted by molar-refractivity contribution is 0.0356. The van der Waals surface area contributed by atoms with Crippen LogP contribution < -0.4 is 4.74 Å². The summed E-state index contributed by atoms with van der Waals surface area (Å²) in [6, 6.07) is 9.14. The number of alkyl halides is 1. The number of nitrogens with zero attached hydrogens (tertiary/aromatic N) is 1. The van der Waals surface area contributed by atoms with Gasteiger partial charge in [0.25, 0.3) is 0 Å². The van der Waals surface area contributed by atoms with Gasteiger partial charge in [0.2, 0.25) is 0 Å². The highest BCUT2D eigenvalue weighted by molar-refractivity contribution is 5.86. The molecule has 0 aliphatic heterocycles. The van der Waals surface area contributed by atoms with E-state index in [4.69, 9.17) is 9.47 Å². The average molecular weight is 552 g/mol. The van der Waals surface area contributed by atoms with E-state index in [2.05, 4.69) is 18.5 Å². The number of rotatable bonds is 11. The number of fused-ring (bicyclic) bond motifs is 1. The van der Waals surface area contributed by atoms with Crippen molar-refractivity contribution in [1.82, 2.24) is 4.98 Å². The van der Waals surface area contributed by atoms with E-state index in [0.29, 0.717) is 28.0 Å². The zero-order chi connectivity index (χ0) is 30.0. The smallest absolute Gasteiger partial charge is 0.131 e. The van der Waals surface area contributed by atoms with E-state index >= 15 is 4.39 Å². The van der Waals surface area contributed by atoms with Gasteiger partial charge >= 0.3 is 0 Å². The third-order valence-electron chi connectivity index (χ3n) is 8.04. The standard InChI is InChI=1S/C34H43F2NO3/c1-11-23-16-29-24(17-30(23)39-9)14-26(20-37-29)27-13-22(3)25(15-28(27)35)19-34(8,38)18-21(2)12-31(40-10)32(4,5)33(6,7)36/h12-17,20,38H,2,11,18-19H2,1,3-10H3/b31-12-. The highest BCUT2D eigenvalue weighted by Crippen LogP contribution is 2.42. The minimum absolute atomic E-state index is 0.210. The Morgan fingerprint density at radius 3 is 2.30 bits per heavy atom. The fraction of sp³-hybridized carbons (Fsp3) is 0.441. The molecule has 0 aliphatic rings. The maximum Gasteiger partial charge on any atom is 0.131 e. The minimum atomic E-state index is -1.53. The number of aliphatic hydroxyl groups is 1. The van der Waals surface area contributed by atoms with Gasteiger partial charge in [-0.2, -0.15) is 0 Å². The highest BCUT2D eigenvalue weighted by Gasteiger charge is 2.41. The first kappa shape index (κ1) is 31.3. The molecular formula is C34H43F2NO3. The van der Waals surface area contributed by atoms with Gasteiger partial charge in [0.1, 0.15) is 23.0 Å². The highest BCUT2D eigenvalue weighted by atomic mass is 19.1. The van der Waals surface area contributed by atoms with Gasteiger partial charge in [0.05, 0.1) is 30.8 Å². The number of ether oxygens (including phenoxy) is 2. The van der Waals surface area contributed by atoms with E-state index in [1.807, 2.05) is 25.1 Å². The zero-order valence-electron chi connectivity index (χ0n) is 25.3. The molecule has 40 heavy (non-hydrogen) atoms. The monoisotopic (exact) mass is 551 g/mol. The van der Waals surface area contributed by atoms with Gasteiger partial charge in [-0.05, 0) is 107 Å². The van der Waals surface area contributed by atoms with Gasteiger partial charge in [0, 0.05) is 35.6 Å². The first-order chi connectivity index (χ1) is 18.5. The fourth-order valence-electron chi connectivity index (χ4n) is 4.93. The normalized spacial score (nSPS) is 14.2. The van der Waals surface area contributed by atoms with Crippen molar-refractivity contribution < 1.29 is 23.4 Å². The van der Waals surface area contributed by atoms with Gasteiger partial charge in [-0.3, -0.25) is 4.98 Å². The van der Waals surface area contributed by atoms with E-state index in [-0.39, 0.29) is 18.7 Å². The molecule has 216 valence electrons. The SMILES string of the molecule is C=C(/C=C(\OC)C(C)(C)C(C)(C)F)CC(C)(O)Cc1cc(F)c(-c2cnc3cc(CC)c(OC)cc3c2)cc1C. The molecule has 0 saturated carbocycles. The summed E-state index contributed by atoms with van der Waals surface area (Å²) >= 11 is 0. The second-order valence-electron chi connectivity index (χ2n) is 12.0. The van der Waals surface area contributed by atoms with Crippen molar-refractivity contribution in [1.29, 1.82) is 0 Å². The molecule has 0 aliphatic carbocycles. The number of pyridine rings is 1. The number of hydrogen-bond donors (Lipinski definition) is 1. The number of halogens is 2. The Labute approximate surface area is 237 Å². The van der Waals surface area contributed by atoms with Crippen LogP contribution in [0.2, 0.25) is 0 Å². The number of methoxy groups -OCH3 is 2. The largest absolute Gasteiger partial charge is 0.500 e. The molecule has 6 heteroatoms. The number of hydrogen-bond acceptors (Lipinski definition) is 4. The van der Waals surface area contributed by atoms with E-state index < -0.39 is 16.7 Å². The molecule has 1 N–H and O–H groups in total. The lowest BCUT2D eigenvalue weighted by Crippen LogP contribution is -2.37. The lowest BCUT2D eigenvalue weighted by Gasteiger charge is -2.36. The number of benzene rings is 2. The number of allylic oxidation sites excluding steroid dienone is 2. The van der Waals surface area contributed by atoms with Crippen molar-refractivity contribution in [3.05, 3.63) is 83.0 Å². The zero-order valence-corrected chi connectivity index (χ0v) is 25.3. The van der Waals surface area contributed by atoms with Crippen LogP contribution in [0.15, 0.2) is 60.5 Å². The van der Waals surface area contributed by atoms with Gasteiger partial charge < -0.3 is 14.6 Å². The maximum atomic E-state index is 15.5. The van der Waals surface area contributed by atoms with Crippen LogP contribution >= 0.6 is 0 Å². The Bertz CT molecular complexity index is 1430. The molecule has 3 rings (SSSR count). The van der Waals surface area contributed by atoms with Crippen LogP contribution in [0.4, 0.5) is 8.78 Å². The van der Waals surface area contributed by atoms with Gasteiger partial charge in [0.15, 0.2) is 0 Å². The van der Waals surface area contributed by atoms with E-state index in [1.165, 1.54) is 27.0 Å². The second-order valence-corrected chi connectivity index (χ2v) is 12.0. The van der Waals surface area contributed by atoms with Crippen molar-refractivity contribution in [3.63, 3.8) is 0 Å². The van der Waals surface area contributed by atoms with Crippen molar-refractivity contribution in [2.24, 2.45) is 5.41 Å². The second kappa shape index (κ2) is 11.7. The van der Waals surface area contributed by atoms with E-state index in [9.17, 15) is 9.50 Å². The summed E-state index contributed by atoms with van der Waals surface area (Å²) in [6.07, 6.45) is 4.63. The topological polar surface area (TPSA) is 51.6 Å². The quantitative estimate of drug-likeness (QED) is 0.192. The molecule has 3 aromatic rings.